The van der Waals surface area contributed by atoms with Crippen LogP contribution < -0.4 is 9.64 Å². The first kappa shape index (κ1) is 13.3. The first-order valence-electron chi connectivity index (χ1n) is 5.80. The molecule has 1 aromatic rings. The third-order valence-corrected chi connectivity index (χ3v) is 3.13. The third kappa shape index (κ3) is 2.50. The van der Waals surface area contributed by atoms with Crippen molar-refractivity contribution in [3.8, 4) is 5.75 Å². The number of hydrogen-bond acceptors (Lipinski definition) is 5. The topological polar surface area (TPSA) is 92.9 Å². The van der Waals surface area contributed by atoms with Gasteiger partial charge in [-0.15, -0.1) is 0 Å². The van der Waals surface area contributed by atoms with E-state index < -0.39 is 4.92 Å². The van der Waals surface area contributed by atoms with Gasteiger partial charge in [0, 0.05) is 31.6 Å². The molecule has 1 fully saturated rings. The summed E-state index contributed by atoms with van der Waals surface area (Å²) in [6, 6.07) is 4.38. The quantitative estimate of drug-likeness (QED) is 0.647. The Hall–Kier alpha value is -2.15. The van der Waals surface area contributed by atoms with Gasteiger partial charge < -0.3 is 14.7 Å². The molecule has 1 saturated heterocycles. The Kier molecular flexibility index (Phi) is 3.66. The highest BCUT2D eigenvalue weighted by Crippen LogP contribution is 2.33. The van der Waals surface area contributed by atoms with Crippen LogP contribution in [-0.4, -0.2) is 36.2 Å². The van der Waals surface area contributed by atoms with Crippen molar-refractivity contribution in [2.75, 3.05) is 25.2 Å². The second kappa shape index (κ2) is 5.23. The lowest BCUT2D eigenvalue weighted by molar-refractivity contribution is -0.385. The second-order valence-corrected chi connectivity index (χ2v) is 4.37. The van der Waals surface area contributed by atoms with Crippen LogP contribution >= 0.6 is 0 Å². The van der Waals surface area contributed by atoms with Crippen molar-refractivity contribution in [3.05, 3.63) is 28.3 Å². The molecule has 7 nitrogen and oxygen atoms in total. The molecule has 2 rings (SSSR count). The highest BCUT2D eigenvalue weighted by molar-refractivity contribution is 5.96. The molecule has 0 aromatic heterocycles. The fourth-order valence-electron chi connectivity index (χ4n) is 2.14. The van der Waals surface area contributed by atoms with Gasteiger partial charge in [-0.2, -0.15) is 0 Å². The van der Waals surface area contributed by atoms with Crippen molar-refractivity contribution in [1.29, 1.82) is 0 Å². The van der Waals surface area contributed by atoms with Crippen molar-refractivity contribution < 1.29 is 19.6 Å². The van der Waals surface area contributed by atoms with Gasteiger partial charge in [-0.1, -0.05) is 0 Å². The molecule has 1 aliphatic heterocycles. The van der Waals surface area contributed by atoms with E-state index in [1.807, 2.05) is 0 Å². The summed E-state index contributed by atoms with van der Waals surface area (Å²) in [5, 5.41) is 20.0. The number of carbonyl (C=O) groups excluding carboxylic acids is 1. The number of ether oxygens (including phenoxy) is 1. The molecular formula is C12H14N2O5. The minimum atomic E-state index is -0.549. The number of nitrogens with zero attached hydrogens (tertiary/aromatic N) is 2. The zero-order valence-electron chi connectivity index (χ0n) is 10.4. The SMILES string of the molecule is COc1ccc(N2CC(CO)CC2=O)cc1[N+](=O)[O-]. The summed E-state index contributed by atoms with van der Waals surface area (Å²) in [6.07, 6.45) is 0.260. The number of nitro benzene ring substituents is 1. The Bertz CT molecular complexity index is 517. The molecule has 0 bridgehead atoms. The van der Waals surface area contributed by atoms with E-state index in [0.29, 0.717) is 12.2 Å². The van der Waals surface area contributed by atoms with Crippen LogP contribution in [0.3, 0.4) is 0 Å². The normalized spacial score (nSPS) is 18.7. The Morgan fingerprint density at radius 2 is 2.32 bits per heavy atom. The van der Waals surface area contributed by atoms with Crippen molar-refractivity contribution in [1.82, 2.24) is 0 Å². The minimum Gasteiger partial charge on any atom is -0.490 e. The number of aliphatic hydroxyl groups is 1. The van der Waals surface area contributed by atoms with Crippen LogP contribution in [0.1, 0.15) is 6.42 Å². The molecular weight excluding hydrogens is 252 g/mol. The zero-order valence-corrected chi connectivity index (χ0v) is 10.4. The van der Waals surface area contributed by atoms with Gasteiger partial charge in [0.2, 0.25) is 5.91 Å². The molecule has 1 unspecified atom stereocenters. The van der Waals surface area contributed by atoms with Gasteiger partial charge in [0.15, 0.2) is 5.75 Å². The molecule has 1 N–H and O–H groups in total. The molecule has 1 aliphatic rings. The molecule has 0 radical (unpaired) electrons. The predicted molar refractivity (Wildman–Crippen MR) is 67.2 cm³/mol. The predicted octanol–water partition coefficient (Wildman–Crippen LogP) is 0.949. The van der Waals surface area contributed by atoms with Crippen molar-refractivity contribution in [2.24, 2.45) is 5.92 Å². The van der Waals surface area contributed by atoms with Crippen LogP contribution in [0.15, 0.2) is 18.2 Å². The van der Waals surface area contributed by atoms with Crippen molar-refractivity contribution in [2.45, 2.75) is 6.42 Å². The van der Waals surface area contributed by atoms with E-state index in [4.69, 9.17) is 9.84 Å². The number of anilines is 1. The van der Waals surface area contributed by atoms with E-state index in [2.05, 4.69) is 0 Å². The van der Waals surface area contributed by atoms with Gasteiger partial charge in [0.1, 0.15) is 0 Å². The summed E-state index contributed by atoms with van der Waals surface area (Å²) in [5.74, 6) is -0.105. The van der Waals surface area contributed by atoms with Crippen LogP contribution in [0.25, 0.3) is 0 Å². The fraction of sp³-hybridized carbons (Fsp3) is 0.417. The first-order chi connectivity index (χ1) is 9.06. The lowest BCUT2D eigenvalue weighted by atomic mass is 10.1. The summed E-state index contributed by atoms with van der Waals surface area (Å²) in [5.41, 5.74) is 0.272. The average Bonchev–Trinajstić information content (AvgIpc) is 2.79. The Morgan fingerprint density at radius 3 is 2.84 bits per heavy atom. The van der Waals surface area contributed by atoms with Crippen LogP contribution in [-0.2, 0) is 4.79 Å². The summed E-state index contributed by atoms with van der Waals surface area (Å²) in [6.45, 7) is 0.305. The fourth-order valence-corrected chi connectivity index (χ4v) is 2.14. The smallest absolute Gasteiger partial charge is 0.312 e. The number of benzene rings is 1. The number of hydrogen-bond donors (Lipinski definition) is 1. The Morgan fingerprint density at radius 1 is 1.58 bits per heavy atom. The van der Waals surface area contributed by atoms with Gasteiger partial charge in [-0.05, 0) is 12.1 Å². The Labute approximate surface area is 109 Å². The maximum Gasteiger partial charge on any atom is 0.312 e. The number of methoxy groups -OCH3 is 1. The van der Waals surface area contributed by atoms with Gasteiger partial charge in [-0.3, -0.25) is 14.9 Å². The van der Waals surface area contributed by atoms with Crippen molar-refractivity contribution >= 4 is 17.3 Å². The number of carbonyl (C=O) groups is 1. The van der Waals surface area contributed by atoms with Crippen LogP contribution in [0, 0.1) is 16.0 Å². The van der Waals surface area contributed by atoms with E-state index in [-0.39, 0.29) is 36.3 Å². The summed E-state index contributed by atoms with van der Waals surface area (Å²) in [4.78, 5) is 23.6. The summed E-state index contributed by atoms with van der Waals surface area (Å²) >= 11 is 0. The first-order valence-corrected chi connectivity index (χ1v) is 5.80. The van der Waals surface area contributed by atoms with Crippen LogP contribution in [0.4, 0.5) is 11.4 Å². The molecule has 7 heteroatoms. The summed E-state index contributed by atoms with van der Waals surface area (Å²) in [7, 11) is 1.35. The van der Waals surface area contributed by atoms with Crippen LogP contribution in [0.5, 0.6) is 5.75 Å². The van der Waals surface area contributed by atoms with E-state index in [0.717, 1.165) is 0 Å². The van der Waals surface area contributed by atoms with E-state index in [1.54, 1.807) is 6.07 Å². The monoisotopic (exact) mass is 266 g/mol. The molecule has 0 spiro atoms. The van der Waals surface area contributed by atoms with Crippen LogP contribution in [0.2, 0.25) is 0 Å². The molecule has 102 valence electrons. The number of amides is 1. The van der Waals surface area contributed by atoms with E-state index >= 15 is 0 Å². The molecule has 19 heavy (non-hydrogen) atoms. The van der Waals surface area contributed by atoms with Gasteiger partial charge in [0.25, 0.3) is 0 Å². The largest absolute Gasteiger partial charge is 0.490 e. The second-order valence-electron chi connectivity index (χ2n) is 4.37. The standard InChI is InChI=1S/C12H14N2O5/c1-19-11-3-2-9(5-10(11)14(17)18)13-6-8(7-15)4-12(13)16/h2-3,5,8,15H,4,6-7H2,1H3. The van der Waals surface area contributed by atoms with Gasteiger partial charge >= 0.3 is 5.69 Å². The minimum absolute atomic E-state index is 0.0690. The molecule has 1 heterocycles. The van der Waals surface area contributed by atoms with E-state index in [9.17, 15) is 14.9 Å². The van der Waals surface area contributed by atoms with Gasteiger partial charge in [-0.25, -0.2) is 0 Å². The molecule has 1 amide bonds. The third-order valence-electron chi connectivity index (χ3n) is 3.13. The highest BCUT2D eigenvalue weighted by Gasteiger charge is 2.31. The summed E-state index contributed by atoms with van der Waals surface area (Å²) < 4.78 is 4.91. The molecule has 1 aromatic carbocycles. The highest BCUT2D eigenvalue weighted by atomic mass is 16.6. The zero-order chi connectivity index (χ0) is 14.0. The maximum absolute atomic E-state index is 11.8. The number of rotatable bonds is 4. The molecule has 0 aliphatic carbocycles. The number of nitro groups is 1. The Balaban J connectivity index is 2.33. The lowest BCUT2D eigenvalue weighted by Gasteiger charge is -2.16. The maximum atomic E-state index is 11.8. The van der Waals surface area contributed by atoms with Gasteiger partial charge in [0.05, 0.1) is 17.7 Å². The molecule has 0 saturated carbocycles. The van der Waals surface area contributed by atoms with Crippen molar-refractivity contribution in [3.63, 3.8) is 0 Å². The molecule has 1 atom stereocenters. The number of aliphatic hydroxyl groups excluding tert-OH is 1. The lowest BCUT2D eigenvalue weighted by Crippen LogP contribution is -2.24. The van der Waals surface area contributed by atoms with E-state index in [1.165, 1.54) is 24.1 Å². The average molecular weight is 266 g/mol.